The van der Waals surface area contributed by atoms with E-state index in [0.717, 1.165) is 75.0 Å². The Morgan fingerprint density at radius 2 is 0.272 bits per heavy atom. The molecule has 0 radical (unpaired) electrons. The maximum Gasteiger partial charge on any atom is 4.00 e. The average molecular weight is 1250 g/mol. The molecule has 0 aliphatic heterocycles. The van der Waals surface area contributed by atoms with Gasteiger partial charge in [0.05, 0.1) is 0 Å². The van der Waals surface area contributed by atoms with Crippen molar-refractivity contribution in [1.82, 2.24) is 0 Å². The summed E-state index contributed by atoms with van der Waals surface area (Å²) in [5.41, 5.74) is 0. The molecule has 9 heteroatoms. The minimum Gasteiger partial charge on any atom is -0.550 e. The summed E-state index contributed by atoms with van der Waals surface area (Å²) in [5, 5.41) is 40.9. The maximum atomic E-state index is 10.2. The van der Waals surface area contributed by atoms with Gasteiger partial charge in [-0.3, -0.25) is 0 Å². The van der Waals surface area contributed by atoms with Gasteiger partial charge in [0.25, 0.3) is 0 Å². The van der Waals surface area contributed by atoms with Gasteiger partial charge in [0, 0.05) is 23.9 Å². The summed E-state index contributed by atoms with van der Waals surface area (Å²) in [6.45, 7) is 18.4. The molecule has 0 saturated heterocycles. The van der Waals surface area contributed by atoms with E-state index in [9.17, 15) is 39.6 Å². The standard InChI is InChI=1S/4C18H36O2.Sn/c4*1-17(2)15-13-11-9-7-5-3-4-6-8-10-12-14-16-18(19)20;/h4*17H,3-16H2,1-2H3,(H,19,20);/q;;;;+4/p-4. The number of hydrogen-bond acceptors (Lipinski definition) is 8. The van der Waals surface area contributed by atoms with Crippen molar-refractivity contribution in [3.05, 3.63) is 0 Å². The summed E-state index contributed by atoms with van der Waals surface area (Å²) >= 11 is 0. The number of carboxylic acids is 4. The van der Waals surface area contributed by atoms with E-state index in [0.29, 0.717) is 0 Å². The molecule has 0 saturated carbocycles. The van der Waals surface area contributed by atoms with Gasteiger partial charge < -0.3 is 39.6 Å². The fraction of sp³-hybridized carbons (Fsp3) is 0.944. The van der Waals surface area contributed by atoms with E-state index in [1.807, 2.05) is 0 Å². The number of rotatable bonds is 60. The van der Waals surface area contributed by atoms with Crippen LogP contribution in [0, 0.1) is 23.7 Å². The molecule has 0 rings (SSSR count). The molecule has 0 aromatic carbocycles. The Kier molecular flexibility index (Phi) is 83.7. The van der Waals surface area contributed by atoms with Gasteiger partial charge in [-0.1, -0.05) is 364 Å². The van der Waals surface area contributed by atoms with Gasteiger partial charge in [-0.15, -0.1) is 0 Å². The summed E-state index contributed by atoms with van der Waals surface area (Å²) < 4.78 is 0. The van der Waals surface area contributed by atoms with Crippen LogP contribution < -0.4 is 20.4 Å². The van der Waals surface area contributed by atoms with Crippen LogP contribution in [0.25, 0.3) is 0 Å². The first kappa shape index (κ1) is 88.4. The van der Waals surface area contributed by atoms with Crippen LogP contribution in [0.3, 0.4) is 0 Å². The third-order valence-electron chi connectivity index (χ3n) is 15.6. The molecule has 0 aliphatic rings. The number of unbranched alkanes of at least 4 members (excludes halogenated alkanes) is 44. The minimum absolute atomic E-state index is 0. The van der Waals surface area contributed by atoms with Crippen LogP contribution in [0.5, 0.6) is 0 Å². The van der Waals surface area contributed by atoms with Crippen LogP contribution in [0.1, 0.15) is 415 Å². The van der Waals surface area contributed by atoms with Crippen LogP contribution >= 0.6 is 0 Å². The summed E-state index contributed by atoms with van der Waals surface area (Å²) in [7, 11) is 0. The predicted molar refractivity (Wildman–Crippen MR) is 344 cm³/mol. The molecule has 0 unspecified atom stereocenters. The molecule has 480 valence electrons. The van der Waals surface area contributed by atoms with Crippen LogP contribution in [0.15, 0.2) is 0 Å². The molecule has 0 amide bonds. The molecule has 0 bridgehead atoms. The van der Waals surface area contributed by atoms with E-state index in [1.54, 1.807) is 0 Å². The second-order valence-corrected chi connectivity index (χ2v) is 26.2. The normalized spacial score (nSPS) is 11.0. The summed E-state index contributed by atoms with van der Waals surface area (Å²) in [5.74, 6) is -0.166. The summed E-state index contributed by atoms with van der Waals surface area (Å²) in [6.07, 6.45) is 68.0. The van der Waals surface area contributed by atoms with Gasteiger partial charge in [0.15, 0.2) is 0 Å². The Balaban J connectivity index is -0.000000316. The third kappa shape index (κ3) is 104. The smallest absolute Gasteiger partial charge is 0.550 e. The van der Waals surface area contributed by atoms with Gasteiger partial charge in [0.1, 0.15) is 0 Å². The van der Waals surface area contributed by atoms with E-state index in [4.69, 9.17) is 0 Å². The molecule has 81 heavy (non-hydrogen) atoms. The predicted octanol–water partition coefficient (Wildman–Crippen LogP) is 19.0. The first-order chi connectivity index (χ1) is 38.5. The van der Waals surface area contributed by atoms with Crippen molar-refractivity contribution in [2.75, 3.05) is 0 Å². The monoisotopic (exact) mass is 1250 g/mol. The van der Waals surface area contributed by atoms with E-state index in [-0.39, 0.29) is 49.6 Å². The fourth-order valence-electron chi connectivity index (χ4n) is 10.4. The minimum atomic E-state index is -0.904. The van der Waals surface area contributed by atoms with Crippen LogP contribution in [-0.2, 0) is 19.2 Å². The Morgan fingerprint density at radius 1 is 0.185 bits per heavy atom. The van der Waals surface area contributed by atoms with Gasteiger partial charge in [0.2, 0.25) is 0 Å². The quantitative estimate of drug-likeness (QED) is 0.0430. The van der Waals surface area contributed by atoms with Crippen molar-refractivity contribution in [3.8, 4) is 0 Å². The van der Waals surface area contributed by atoms with Gasteiger partial charge in [-0.25, -0.2) is 0 Å². The maximum absolute atomic E-state index is 10.2. The van der Waals surface area contributed by atoms with Gasteiger partial charge >= 0.3 is 23.9 Å². The van der Waals surface area contributed by atoms with E-state index in [2.05, 4.69) is 55.4 Å². The number of hydrogen-bond donors (Lipinski definition) is 0. The van der Waals surface area contributed by atoms with E-state index >= 15 is 0 Å². The van der Waals surface area contributed by atoms with Crippen molar-refractivity contribution in [3.63, 3.8) is 0 Å². The van der Waals surface area contributed by atoms with Crippen LogP contribution in [0.2, 0.25) is 0 Å². The number of carbonyl (C=O) groups is 4. The number of carboxylic acid groups (broad SMARTS) is 4. The largest absolute Gasteiger partial charge is 4.00 e. The summed E-state index contributed by atoms with van der Waals surface area (Å²) in [4.78, 5) is 40.9. The topological polar surface area (TPSA) is 161 Å². The van der Waals surface area contributed by atoms with E-state index in [1.165, 1.54) is 283 Å². The molecule has 0 aliphatic carbocycles. The Morgan fingerprint density at radius 3 is 0.358 bits per heavy atom. The zero-order valence-corrected chi connectivity index (χ0v) is 58.5. The van der Waals surface area contributed by atoms with Crippen molar-refractivity contribution >= 4 is 47.8 Å². The fourth-order valence-corrected chi connectivity index (χ4v) is 10.4. The van der Waals surface area contributed by atoms with Gasteiger partial charge in [-0.2, -0.15) is 0 Å². The summed E-state index contributed by atoms with van der Waals surface area (Å²) in [6, 6.07) is 0. The molecule has 0 fully saturated rings. The molecule has 0 atom stereocenters. The molecule has 0 aromatic rings. The van der Waals surface area contributed by atoms with Gasteiger partial charge in [-0.05, 0) is 75.0 Å². The first-order valence-corrected chi connectivity index (χ1v) is 35.3. The number of aliphatic carboxylic acids is 4. The van der Waals surface area contributed by atoms with Crippen molar-refractivity contribution in [2.24, 2.45) is 23.7 Å². The molecular weight excluding hydrogens is 1110 g/mol. The van der Waals surface area contributed by atoms with Crippen LogP contribution in [0.4, 0.5) is 0 Å². The zero-order valence-electron chi connectivity index (χ0n) is 55.7. The van der Waals surface area contributed by atoms with Crippen molar-refractivity contribution in [2.45, 2.75) is 415 Å². The SMILES string of the molecule is CC(C)CCCCCCCCCCCCCCC(=O)[O-].CC(C)CCCCCCCCCCCCCCC(=O)[O-].CC(C)CCCCCCCCCCCCCCC(=O)[O-].CC(C)CCCCCCCCCCCCCCC(=O)[O-].[Sn+4]. The molecule has 0 N–H and O–H groups in total. The van der Waals surface area contributed by atoms with Crippen molar-refractivity contribution in [1.29, 1.82) is 0 Å². The average Bonchev–Trinajstić information content (AvgIpc) is 3.39. The molecule has 8 nitrogen and oxygen atoms in total. The molecular formula is C72H140O8Sn. The second-order valence-electron chi connectivity index (χ2n) is 26.2. The van der Waals surface area contributed by atoms with Crippen LogP contribution in [-0.4, -0.2) is 47.8 Å². The van der Waals surface area contributed by atoms with E-state index < -0.39 is 23.9 Å². The molecule has 0 heterocycles. The molecule has 0 spiro atoms. The number of carbonyl (C=O) groups excluding carboxylic acids is 4. The Labute approximate surface area is 523 Å². The second kappa shape index (κ2) is 76.7. The first-order valence-electron chi connectivity index (χ1n) is 35.3. The Hall–Kier alpha value is -1.32. The zero-order chi connectivity index (χ0) is 60.2. The molecule has 0 aromatic heterocycles. The third-order valence-corrected chi connectivity index (χ3v) is 15.6. The van der Waals surface area contributed by atoms with Crippen molar-refractivity contribution < 1.29 is 39.6 Å². The Bertz CT molecular complexity index is 1040.